The highest BCUT2D eigenvalue weighted by Gasteiger charge is 2.42. The Hall–Kier alpha value is -2.76. The van der Waals surface area contributed by atoms with Crippen LogP contribution in [0.1, 0.15) is 88.5 Å². The first-order chi connectivity index (χ1) is 24.1. The molecule has 0 amide bonds. The Kier molecular flexibility index (Phi) is 21.1. The second-order valence-corrected chi connectivity index (χ2v) is 17.2. The predicted octanol–water partition coefficient (Wildman–Crippen LogP) is 7.35. The van der Waals surface area contributed by atoms with E-state index < -0.39 is 59.6 Å². The van der Waals surface area contributed by atoms with E-state index in [0.29, 0.717) is 18.4 Å². The molecule has 2 aromatic rings. The number of ether oxygens (including phenoxy) is 3. The van der Waals surface area contributed by atoms with Crippen LogP contribution in [0.5, 0.6) is 5.75 Å². The summed E-state index contributed by atoms with van der Waals surface area (Å²) in [5.41, 5.74) is -0.626. The molecule has 0 fully saturated rings. The summed E-state index contributed by atoms with van der Waals surface area (Å²) in [7, 11) is -14.1. The van der Waals surface area contributed by atoms with Crippen molar-refractivity contribution in [3.63, 3.8) is 0 Å². The normalized spacial score (nSPS) is 18.5. The van der Waals surface area contributed by atoms with Crippen molar-refractivity contribution in [2.24, 2.45) is 0 Å². The Morgan fingerprint density at radius 2 is 1.47 bits per heavy atom. The number of aromatic nitrogens is 2. The van der Waals surface area contributed by atoms with Gasteiger partial charge in [0.2, 0.25) is 0 Å². The largest absolute Gasteiger partial charge is 0.513 e. The first-order valence-corrected chi connectivity index (χ1v) is 21.3. The molecule has 1 aromatic heterocycles. The van der Waals surface area contributed by atoms with Crippen LogP contribution in [0.2, 0.25) is 0 Å². The second kappa shape index (κ2) is 23.2. The van der Waals surface area contributed by atoms with Gasteiger partial charge in [-0.05, 0) is 37.1 Å². The van der Waals surface area contributed by atoms with Crippen LogP contribution < -0.4 is 28.3 Å². The van der Waals surface area contributed by atoms with Crippen molar-refractivity contribution in [3.8, 4) is 5.75 Å². The van der Waals surface area contributed by atoms with Crippen molar-refractivity contribution >= 4 is 29.4 Å². The fraction of sp³-hybridized carbons (Fsp3) is 0.581. The second-order valence-electron chi connectivity index (χ2n) is 11.8. The highest BCUT2D eigenvalue weighted by atomic mass is 31.3. The van der Waals surface area contributed by atoms with Gasteiger partial charge in [-0.2, -0.15) is 4.31 Å². The Balaban J connectivity index is 0.00000702. The molecule has 22 heteroatoms. The maximum Gasteiger partial charge on any atom is 0.513 e. The number of rotatable bonds is 23. The minimum Gasteiger partial charge on any atom is -0.437 e. The quantitative estimate of drug-likeness (QED) is 0.0241. The van der Waals surface area contributed by atoms with Crippen molar-refractivity contribution in [3.05, 3.63) is 74.6 Å². The monoisotopic (exact) mass is 814 g/mol. The molecule has 2 heterocycles. The topological polar surface area (TPSA) is 298 Å². The van der Waals surface area contributed by atoms with Gasteiger partial charge in [-0.25, -0.2) is 23.0 Å². The van der Waals surface area contributed by atoms with Crippen LogP contribution in [0.15, 0.2) is 52.2 Å². The van der Waals surface area contributed by atoms with Gasteiger partial charge in [-0.3, -0.25) is 23.4 Å². The van der Waals surface area contributed by atoms with Gasteiger partial charge in [0.15, 0.2) is 6.23 Å². The standard InChI is InChI=1S/C31H47N2O15P3.2H3N/c1-4-5-6-7-8-9-10-11-12-13-20-49(37,43-22-25-14-16-26(17-15-25)46-31(36)42-3)47-51(40,41)48-50(38,39)44-23-27-18-19-28(45-27)33-21-24(2)29(34)32-30(33)35;;/h14-19,21,27-28H,4-13,20,22-23H2,1-3H3,(H,38,39)(H,40,41)(H,32,34,35);2*1H3/t27-,28+,49?;;/m0../s1. The predicted molar refractivity (Wildman–Crippen MR) is 196 cm³/mol. The molecule has 1 aliphatic rings. The summed E-state index contributed by atoms with van der Waals surface area (Å²) in [6.07, 6.45) is 10.6. The van der Waals surface area contributed by atoms with Crippen LogP contribution in [0, 0.1) is 6.92 Å². The van der Waals surface area contributed by atoms with Gasteiger partial charge in [-0.1, -0.05) is 82.9 Å². The molecule has 1 aliphatic heterocycles. The van der Waals surface area contributed by atoms with E-state index in [9.17, 15) is 37.9 Å². The van der Waals surface area contributed by atoms with Gasteiger partial charge in [0.05, 0.1) is 26.5 Å². The number of phosphoric ester groups is 1. The first-order valence-electron chi connectivity index (χ1n) is 16.6. The van der Waals surface area contributed by atoms with Crippen molar-refractivity contribution < 1.29 is 60.2 Å². The van der Waals surface area contributed by atoms with Crippen LogP contribution in [0.4, 0.5) is 4.79 Å². The number of H-pyrrole nitrogens is 1. The van der Waals surface area contributed by atoms with E-state index >= 15 is 0 Å². The first kappa shape index (κ1) is 48.3. The molecule has 3 rings (SSSR count). The van der Waals surface area contributed by atoms with E-state index in [-0.39, 0.29) is 36.4 Å². The average Bonchev–Trinajstić information content (AvgIpc) is 3.54. The van der Waals surface area contributed by atoms with Crippen LogP contribution in [-0.2, 0) is 47.4 Å². The zero-order chi connectivity index (χ0) is 37.5. The lowest BCUT2D eigenvalue weighted by Crippen LogP contribution is -2.33. The highest BCUT2D eigenvalue weighted by molar-refractivity contribution is 7.68. The lowest BCUT2D eigenvalue weighted by atomic mass is 10.1. The molecule has 5 atom stereocenters. The van der Waals surface area contributed by atoms with E-state index in [1.165, 1.54) is 75.2 Å². The van der Waals surface area contributed by atoms with E-state index in [4.69, 9.17) is 22.8 Å². The van der Waals surface area contributed by atoms with Crippen LogP contribution in [0.25, 0.3) is 0 Å². The highest BCUT2D eigenvalue weighted by Crippen LogP contribution is 2.69. The smallest absolute Gasteiger partial charge is 0.437 e. The van der Waals surface area contributed by atoms with E-state index in [1.54, 1.807) is 0 Å². The molecular weight excluding hydrogens is 761 g/mol. The number of nitrogens with one attached hydrogen (secondary N) is 1. The number of carbonyl (C=O) groups excluding carboxylic acids is 1. The average molecular weight is 815 g/mol. The SMILES string of the molecule is CCCCCCCCCCCCP(=O)(OCc1ccc(OC(=O)OC)cc1)OP(=O)(O)OP(=O)(O)OC[C@@H]1C=C[C@H](n2cc(C)c(=O)[nH]c2=O)O1.N.N. The molecular formula is C31H53N4O15P3. The van der Waals surface area contributed by atoms with Crippen molar-refractivity contribution in [2.45, 2.75) is 97.0 Å². The summed E-state index contributed by atoms with van der Waals surface area (Å²) >= 11 is 0. The third kappa shape index (κ3) is 17.5. The number of methoxy groups -OCH3 is 1. The zero-order valence-corrected chi connectivity index (χ0v) is 33.0. The maximum atomic E-state index is 13.8. The minimum absolute atomic E-state index is 0. The number of carbonyl (C=O) groups is 1. The number of aryl methyl sites for hydroxylation is 1. The maximum absolute atomic E-state index is 13.8. The van der Waals surface area contributed by atoms with Crippen LogP contribution in [0.3, 0.4) is 0 Å². The molecule has 53 heavy (non-hydrogen) atoms. The van der Waals surface area contributed by atoms with Gasteiger partial charge in [-0.15, -0.1) is 0 Å². The summed E-state index contributed by atoms with van der Waals surface area (Å²) in [4.78, 5) is 57.9. The number of phosphoric acid groups is 2. The van der Waals surface area contributed by atoms with Crippen molar-refractivity contribution in [1.29, 1.82) is 0 Å². The van der Waals surface area contributed by atoms with Gasteiger partial charge >= 0.3 is 35.1 Å². The van der Waals surface area contributed by atoms with Crippen LogP contribution >= 0.6 is 23.2 Å². The fourth-order valence-corrected chi connectivity index (χ4v) is 9.71. The van der Waals surface area contributed by atoms with E-state index in [1.807, 2.05) is 0 Å². The van der Waals surface area contributed by atoms with Crippen molar-refractivity contribution in [1.82, 2.24) is 21.9 Å². The van der Waals surface area contributed by atoms with Gasteiger partial charge in [0.25, 0.3) is 5.56 Å². The number of hydrogen-bond donors (Lipinski definition) is 5. The summed E-state index contributed by atoms with van der Waals surface area (Å²) in [6.45, 7) is 2.64. The summed E-state index contributed by atoms with van der Waals surface area (Å²) in [5, 5.41) is 0. The minimum atomic E-state index is -5.54. The molecule has 0 saturated carbocycles. The summed E-state index contributed by atoms with van der Waals surface area (Å²) in [5.74, 6) is 0.164. The third-order valence-electron chi connectivity index (χ3n) is 7.57. The van der Waals surface area contributed by atoms with E-state index in [2.05, 4.69) is 21.0 Å². The van der Waals surface area contributed by atoms with Gasteiger partial charge < -0.3 is 40.8 Å². The molecule has 1 aromatic carbocycles. The Labute approximate surface area is 308 Å². The van der Waals surface area contributed by atoms with Gasteiger partial charge in [0.1, 0.15) is 11.9 Å². The number of nitrogens with zero attached hydrogens (tertiary/aromatic N) is 1. The molecule has 302 valence electrons. The van der Waals surface area contributed by atoms with Crippen LogP contribution in [-0.4, -0.2) is 51.5 Å². The Morgan fingerprint density at radius 3 is 2.08 bits per heavy atom. The molecule has 0 spiro atoms. The lowest BCUT2D eigenvalue weighted by Gasteiger charge is -2.23. The molecule has 9 N–H and O–H groups in total. The summed E-state index contributed by atoms with van der Waals surface area (Å²) < 4.78 is 75.1. The molecule has 0 radical (unpaired) electrons. The number of aromatic amines is 1. The summed E-state index contributed by atoms with van der Waals surface area (Å²) in [6, 6.07) is 5.84. The number of unbranched alkanes of at least 4 members (excludes halogenated alkanes) is 9. The van der Waals surface area contributed by atoms with Crippen molar-refractivity contribution in [2.75, 3.05) is 19.9 Å². The molecule has 0 bridgehead atoms. The van der Waals surface area contributed by atoms with E-state index in [0.717, 1.165) is 37.4 Å². The Morgan fingerprint density at radius 1 is 0.868 bits per heavy atom. The molecule has 3 unspecified atom stereocenters. The van der Waals surface area contributed by atoms with Gasteiger partial charge in [0, 0.05) is 11.8 Å². The molecule has 0 aliphatic carbocycles. The zero-order valence-electron chi connectivity index (χ0n) is 30.3. The number of hydrogen-bond acceptors (Lipinski definition) is 15. The lowest BCUT2D eigenvalue weighted by molar-refractivity contribution is -0.0104. The molecule has 19 nitrogen and oxygen atoms in total. The molecule has 0 saturated heterocycles. The fourth-order valence-electron chi connectivity index (χ4n) is 4.90. The number of benzene rings is 1. The third-order valence-corrected chi connectivity index (χ3v) is 12.9. The Bertz CT molecular complexity index is 1720.